The highest BCUT2D eigenvalue weighted by Gasteiger charge is 2.57. The maximum Gasteiger partial charge on any atom is 0.191 e. The summed E-state index contributed by atoms with van der Waals surface area (Å²) in [5.41, 5.74) is 0.521. The topological polar surface area (TPSA) is 58.1 Å². The third-order valence-electron chi connectivity index (χ3n) is 8.07. The second-order valence-corrected chi connectivity index (χ2v) is 9.54. The van der Waals surface area contributed by atoms with Crippen LogP contribution in [0.4, 0.5) is 0 Å². The molecule has 2 N–H and O–H groups in total. The maximum atomic E-state index is 6.11. The number of halogens is 1. The predicted molar refractivity (Wildman–Crippen MR) is 133 cm³/mol. The average Bonchev–Trinajstić information content (AvgIpc) is 3.46. The van der Waals surface area contributed by atoms with Gasteiger partial charge >= 0.3 is 0 Å². The molecule has 0 bridgehead atoms. The molecule has 0 aromatic carbocycles. The fourth-order valence-electron chi connectivity index (χ4n) is 6.32. The summed E-state index contributed by atoms with van der Waals surface area (Å²) in [6.45, 7) is 11.1. The molecule has 4 fully saturated rings. The van der Waals surface area contributed by atoms with Crippen LogP contribution in [0.3, 0.4) is 0 Å². The monoisotopic (exact) mass is 534 g/mol. The van der Waals surface area contributed by atoms with Crippen LogP contribution in [0.25, 0.3) is 0 Å². The number of ether oxygens (including phenoxy) is 2. The minimum absolute atomic E-state index is 0. The van der Waals surface area contributed by atoms with Gasteiger partial charge in [0.25, 0.3) is 0 Å². The highest BCUT2D eigenvalue weighted by atomic mass is 127. The first kappa shape index (κ1) is 24.5. The molecule has 0 aromatic rings. The van der Waals surface area contributed by atoms with Crippen LogP contribution in [-0.4, -0.2) is 74.5 Å². The van der Waals surface area contributed by atoms with E-state index in [-0.39, 0.29) is 29.5 Å². The van der Waals surface area contributed by atoms with Crippen LogP contribution in [0.15, 0.2) is 4.99 Å². The van der Waals surface area contributed by atoms with E-state index in [2.05, 4.69) is 29.4 Å². The van der Waals surface area contributed by atoms with Crippen molar-refractivity contribution in [1.82, 2.24) is 15.5 Å². The molecule has 30 heavy (non-hydrogen) atoms. The van der Waals surface area contributed by atoms with Crippen molar-refractivity contribution in [1.29, 1.82) is 0 Å². The SMILES string of the molecule is CCNC(=NCC1(N2CCCC2)CCOCC1)NC1CC(OCC)C12CCCC2.I. The number of guanidine groups is 1. The number of hydrogen-bond donors (Lipinski definition) is 2. The zero-order valence-electron chi connectivity index (χ0n) is 19.1. The third-order valence-corrected chi connectivity index (χ3v) is 8.07. The molecule has 2 unspecified atom stereocenters. The molecule has 2 saturated carbocycles. The quantitative estimate of drug-likeness (QED) is 0.297. The van der Waals surface area contributed by atoms with Gasteiger partial charge in [-0.25, -0.2) is 0 Å². The van der Waals surface area contributed by atoms with Crippen molar-refractivity contribution >= 4 is 29.9 Å². The first-order valence-corrected chi connectivity index (χ1v) is 12.2. The first-order chi connectivity index (χ1) is 14.2. The summed E-state index contributed by atoms with van der Waals surface area (Å²) in [6, 6.07) is 0.497. The molecule has 2 saturated heterocycles. The molecule has 0 amide bonds. The summed E-state index contributed by atoms with van der Waals surface area (Å²) < 4.78 is 11.8. The number of aliphatic imine (C=N–C) groups is 1. The third kappa shape index (κ3) is 4.94. The molecule has 4 rings (SSSR count). The van der Waals surface area contributed by atoms with Gasteiger partial charge in [-0.05, 0) is 71.9 Å². The highest BCUT2D eigenvalue weighted by molar-refractivity contribution is 14.0. The molecular formula is C23H43IN4O2. The number of nitrogens with one attached hydrogen (secondary N) is 2. The average molecular weight is 535 g/mol. The van der Waals surface area contributed by atoms with Gasteiger partial charge in [0.1, 0.15) is 0 Å². The maximum absolute atomic E-state index is 6.11. The standard InChI is InChI=1S/C23H42N4O2.HI/c1-3-24-21(26-19-17-20(29-4-2)23(19)9-5-6-10-23)25-18-22(11-15-28-16-12-22)27-13-7-8-14-27;/h19-20H,3-18H2,1-2H3,(H2,24,25,26);1H. The van der Waals surface area contributed by atoms with E-state index in [1.807, 2.05) is 0 Å². The lowest BCUT2D eigenvalue weighted by Crippen LogP contribution is -2.65. The summed E-state index contributed by atoms with van der Waals surface area (Å²) in [5.74, 6) is 1.00. The second-order valence-electron chi connectivity index (χ2n) is 9.54. The Hall–Kier alpha value is -0.120. The van der Waals surface area contributed by atoms with Crippen LogP contribution in [0.2, 0.25) is 0 Å². The molecule has 2 heterocycles. The van der Waals surface area contributed by atoms with E-state index < -0.39 is 0 Å². The van der Waals surface area contributed by atoms with Crippen LogP contribution in [0.1, 0.15) is 71.6 Å². The van der Waals surface area contributed by atoms with Crippen LogP contribution in [0, 0.1) is 5.41 Å². The van der Waals surface area contributed by atoms with Crippen molar-refractivity contribution in [2.24, 2.45) is 10.4 Å². The van der Waals surface area contributed by atoms with Gasteiger partial charge < -0.3 is 20.1 Å². The van der Waals surface area contributed by atoms with Crippen molar-refractivity contribution in [3.63, 3.8) is 0 Å². The Morgan fingerprint density at radius 1 is 1.07 bits per heavy atom. The Kier molecular flexibility index (Phi) is 9.11. The zero-order valence-corrected chi connectivity index (χ0v) is 21.4. The molecule has 2 aliphatic carbocycles. The van der Waals surface area contributed by atoms with Gasteiger partial charge in [-0.2, -0.15) is 0 Å². The van der Waals surface area contributed by atoms with Gasteiger partial charge in [0.15, 0.2) is 5.96 Å². The van der Waals surface area contributed by atoms with E-state index in [1.165, 1.54) is 51.6 Å². The van der Waals surface area contributed by atoms with Crippen molar-refractivity contribution in [3.8, 4) is 0 Å². The predicted octanol–water partition coefficient (Wildman–Crippen LogP) is 3.54. The molecule has 1 spiro atoms. The molecule has 6 nitrogen and oxygen atoms in total. The zero-order chi connectivity index (χ0) is 20.2. The molecule has 4 aliphatic rings. The lowest BCUT2D eigenvalue weighted by Gasteiger charge is -2.54. The summed E-state index contributed by atoms with van der Waals surface area (Å²) in [4.78, 5) is 7.86. The second kappa shape index (κ2) is 11.1. The molecule has 0 radical (unpaired) electrons. The molecule has 174 valence electrons. The van der Waals surface area contributed by atoms with Crippen molar-refractivity contribution in [3.05, 3.63) is 0 Å². The number of likely N-dealkylation sites (tertiary alicyclic amines) is 1. The number of hydrogen-bond acceptors (Lipinski definition) is 4. The van der Waals surface area contributed by atoms with Gasteiger partial charge in [0.05, 0.1) is 12.6 Å². The largest absolute Gasteiger partial charge is 0.381 e. The van der Waals surface area contributed by atoms with Crippen LogP contribution >= 0.6 is 24.0 Å². The van der Waals surface area contributed by atoms with E-state index in [9.17, 15) is 0 Å². The summed E-state index contributed by atoms with van der Waals surface area (Å²) in [6.07, 6.45) is 11.7. The summed E-state index contributed by atoms with van der Waals surface area (Å²) >= 11 is 0. The van der Waals surface area contributed by atoms with Gasteiger partial charge in [0, 0.05) is 43.4 Å². The molecule has 2 aliphatic heterocycles. The summed E-state index contributed by atoms with van der Waals surface area (Å²) in [5, 5.41) is 7.36. The van der Waals surface area contributed by atoms with Crippen LogP contribution in [-0.2, 0) is 9.47 Å². The molecule has 2 atom stereocenters. The number of rotatable bonds is 7. The smallest absolute Gasteiger partial charge is 0.191 e. The molecular weight excluding hydrogens is 491 g/mol. The number of nitrogens with zero attached hydrogens (tertiary/aromatic N) is 2. The van der Waals surface area contributed by atoms with Crippen molar-refractivity contribution < 1.29 is 9.47 Å². The van der Waals surface area contributed by atoms with Gasteiger partial charge in [-0.15, -0.1) is 24.0 Å². The Bertz CT molecular complexity index is 555. The van der Waals surface area contributed by atoms with E-state index >= 15 is 0 Å². The summed E-state index contributed by atoms with van der Waals surface area (Å²) in [7, 11) is 0. The fraction of sp³-hybridized carbons (Fsp3) is 0.957. The minimum Gasteiger partial charge on any atom is -0.381 e. The van der Waals surface area contributed by atoms with Crippen molar-refractivity contribution in [2.75, 3.05) is 46.0 Å². The van der Waals surface area contributed by atoms with Gasteiger partial charge in [-0.3, -0.25) is 9.89 Å². The van der Waals surface area contributed by atoms with E-state index in [4.69, 9.17) is 14.5 Å². The molecule has 0 aromatic heterocycles. The normalized spacial score (nSPS) is 30.7. The van der Waals surface area contributed by atoms with E-state index in [0.29, 0.717) is 17.6 Å². The Labute approximate surface area is 200 Å². The van der Waals surface area contributed by atoms with Crippen LogP contribution in [0.5, 0.6) is 0 Å². The van der Waals surface area contributed by atoms with E-state index in [1.54, 1.807) is 0 Å². The Balaban J connectivity index is 0.00000256. The minimum atomic E-state index is 0. The lowest BCUT2D eigenvalue weighted by atomic mass is 9.60. The Morgan fingerprint density at radius 2 is 1.77 bits per heavy atom. The van der Waals surface area contributed by atoms with Gasteiger partial charge in [0.2, 0.25) is 0 Å². The first-order valence-electron chi connectivity index (χ1n) is 12.2. The van der Waals surface area contributed by atoms with Crippen molar-refractivity contribution in [2.45, 2.75) is 89.3 Å². The van der Waals surface area contributed by atoms with Crippen LogP contribution < -0.4 is 10.6 Å². The lowest BCUT2D eigenvalue weighted by molar-refractivity contribution is -0.125. The van der Waals surface area contributed by atoms with Gasteiger partial charge in [-0.1, -0.05) is 12.8 Å². The van der Waals surface area contributed by atoms with E-state index in [0.717, 1.165) is 58.1 Å². The molecule has 7 heteroatoms. The highest BCUT2D eigenvalue weighted by Crippen LogP contribution is 2.54. The fourth-order valence-corrected chi connectivity index (χ4v) is 6.32. The Morgan fingerprint density at radius 3 is 2.40 bits per heavy atom.